The number of ether oxygens (including phenoxy) is 1. The van der Waals surface area contributed by atoms with Gasteiger partial charge in [0.1, 0.15) is 0 Å². The number of hydrogen-bond acceptors (Lipinski definition) is 3. The van der Waals surface area contributed by atoms with Crippen molar-refractivity contribution >= 4 is 22.2 Å². The van der Waals surface area contributed by atoms with Gasteiger partial charge in [-0.2, -0.15) is 0 Å². The Bertz CT molecular complexity index is 446. The van der Waals surface area contributed by atoms with Crippen molar-refractivity contribution in [2.45, 2.75) is 79.2 Å². The van der Waals surface area contributed by atoms with Gasteiger partial charge in [0.15, 0.2) is 0 Å². The van der Waals surface area contributed by atoms with Crippen molar-refractivity contribution < 1.29 is 9.15 Å². The van der Waals surface area contributed by atoms with E-state index in [-0.39, 0.29) is 0 Å². The van der Waals surface area contributed by atoms with Gasteiger partial charge in [-0.1, -0.05) is 0 Å². The van der Waals surface area contributed by atoms with Crippen molar-refractivity contribution in [3.8, 4) is 0 Å². The summed E-state index contributed by atoms with van der Waals surface area (Å²) in [5, 5.41) is 0. The van der Waals surface area contributed by atoms with Crippen LogP contribution in [0.25, 0.3) is 0 Å². The molecule has 1 aromatic heterocycles. The molecule has 1 aliphatic heterocycles. The van der Waals surface area contributed by atoms with Crippen molar-refractivity contribution in [1.82, 2.24) is 4.90 Å². The zero-order valence-electron chi connectivity index (χ0n) is 16.8. The third kappa shape index (κ3) is 6.58. The molecule has 1 aliphatic rings. The van der Waals surface area contributed by atoms with E-state index in [1.54, 1.807) is 0 Å². The zero-order valence-corrected chi connectivity index (χ0v) is 19.7. The van der Waals surface area contributed by atoms with Gasteiger partial charge in [0, 0.05) is 0 Å². The van der Waals surface area contributed by atoms with E-state index in [2.05, 4.69) is 37.8 Å². The average molecular weight is 456 g/mol. The van der Waals surface area contributed by atoms with Gasteiger partial charge >= 0.3 is 160 Å². The molecule has 0 aliphatic carbocycles. The van der Waals surface area contributed by atoms with Crippen LogP contribution in [-0.2, 0) is 11.3 Å². The van der Waals surface area contributed by atoms with Crippen LogP contribution in [0.5, 0.6) is 0 Å². The molecule has 1 fully saturated rings. The van der Waals surface area contributed by atoms with Gasteiger partial charge in [0.05, 0.1) is 0 Å². The van der Waals surface area contributed by atoms with E-state index in [1.807, 2.05) is 0 Å². The van der Waals surface area contributed by atoms with Gasteiger partial charge in [0.25, 0.3) is 0 Å². The van der Waals surface area contributed by atoms with Crippen molar-refractivity contribution in [3.63, 3.8) is 0 Å². The molecule has 4 heteroatoms. The molecule has 2 heterocycles. The van der Waals surface area contributed by atoms with Crippen LogP contribution < -0.4 is 3.78 Å². The minimum atomic E-state index is -2.38. The number of morpholine rings is 1. The van der Waals surface area contributed by atoms with E-state index < -0.39 is 18.4 Å². The van der Waals surface area contributed by atoms with E-state index in [9.17, 15) is 0 Å². The molecule has 0 amide bonds. The molecular formula is C21H39NO2Sn. The van der Waals surface area contributed by atoms with Crippen LogP contribution in [0.2, 0.25) is 13.3 Å². The molecule has 0 radical (unpaired) electrons. The Labute approximate surface area is 159 Å². The molecule has 144 valence electrons. The monoisotopic (exact) mass is 457 g/mol. The van der Waals surface area contributed by atoms with Crippen molar-refractivity contribution in [2.24, 2.45) is 0 Å². The second-order valence-electron chi connectivity index (χ2n) is 7.75. The summed E-state index contributed by atoms with van der Waals surface area (Å²) in [5.41, 5.74) is 0. The Kier molecular flexibility index (Phi) is 9.93. The number of nitrogens with zero attached hydrogens (tertiary/aromatic N) is 1. The second-order valence-corrected chi connectivity index (χ2v) is 20.7. The van der Waals surface area contributed by atoms with Crippen LogP contribution in [0.3, 0.4) is 0 Å². The number of unbranched alkanes of at least 4 members (excludes halogenated alkanes) is 3. The summed E-state index contributed by atoms with van der Waals surface area (Å²) >= 11 is -2.38. The van der Waals surface area contributed by atoms with Crippen LogP contribution in [-0.4, -0.2) is 49.6 Å². The predicted octanol–water partition coefficient (Wildman–Crippen LogP) is 5.17. The SMILES string of the molecule is CCC[CH2][Sn]([CH2]CCC)([CH2]CCC)[c]1ccc(CN2CCOCC2)o1. The summed E-state index contributed by atoms with van der Waals surface area (Å²) in [6.07, 6.45) is 8.13. The fourth-order valence-corrected chi connectivity index (χ4v) is 19.3. The van der Waals surface area contributed by atoms with E-state index in [0.29, 0.717) is 0 Å². The van der Waals surface area contributed by atoms with E-state index in [1.165, 1.54) is 61.4 Å². The molecule has 1 aromatic rings. The predicted molar refractivity (Wildman–Crippen MR) is 109 cm³/mol. The molecule has 1 saturated heterocycles. The number of rotatable bonds is 12. The van der Waals surface area contributed by atoms with Crippen molar-refractivity contribution in [3.05, 3.63) is 17.9 Å². The van der Waals surface area contributed by atoms with Crippen LogP contribution in [0.4, 0.5) is 0 Å². The van der Waals surface area contributed by atoms with E-state index in [4.69, 9.17) is 9.15 Å². The van der Waals surface area contributed by atoms with Gasteiger partial charge in [-0.15, -0.1) is 0 Å². The summed E-state index contributed by atoms with van der Waals surface area (Å²) in [5.74, 6) is 1.18. The third-order valence-electron chi connectivity index (χ3n) is 5.69. The summed E-state index contributed by atoms with van der Waals surface area (Å²) < 4.78 is 17.9. The molecule has 0 bridgehead atoms. The summed E-state index contributed by atoms with van der Waals surface area (Å²) in [6.45, 7) is 11.8. The third-order valence-corrected chi connectivity index (χ3v) is 20.7. The summed E-state index contributed by atoms with van der Waals surface area (Å²) in [4.78, 5) is 2.47. The zero-order chi connectivity index (χ0) is 18.0. The van der Waals surface area contributed by atoms with Gasteiger partial charge < -0.3 is 0 Å². The molecule has 0 N–H and O–H groups in total. The molecule has 0 spiro atoms. The fourth-order valence-electron chi connectivity index (χ4n) is 4.02. The standard InChI is InChI=1S/C9H12NO2.3C4H9.Sn/c1-2-9(12-5-1)8-10-3-6-11-7-4-10;3*1-3-4-2;/h1-2H,3-4,6-8H2;3*1,3-4H2,2H3;. The molecule has 0 aromatic carbocycles. The summed E-state index contributed by atoms with van der Waals surface area (Å²) in [7, 11) is 0. The first-order chi connectivity index (χ1) is 12.2. The van der Waals surface area contributed by atoms with Gasteiger partial charge in [-0.05, 0) is 0 Å². The van der Waals surface area contributed by atoms with Crippen LogP contribution in [0.1, 0.15) is 65.1 Å². The van der Waals surface area contributed by atoms with Gasteiger partial charge in [-0.3, -0.25) is 0 Å². The average Bonchev–Trinajstić information content (AvgIpc) is 3.11. The van der Waals surface area contributed by atoms with E-state index >= 15 is 0 Å². The van der Waals surface area contributed by atoms with Gasteiger partial charge in [-0.25, -0.2) is 0 Å². The maximum atomic E-state index is 6.55. The Balaban J connectivity index is 2.13. The molecule has 0 atom stereocenters. The molecule has 0 saturated carbocycles. The Morgan fingerprint density at radius 2 is 1.44 bits per heavy atom. The first kappa shape index (κ1) is 21.3. The minimum absolute atomic E-state index is 0.861. The van der Waals surface area contributed by atoms with Gasteiger partial charge in [0.2, 0.25) is 0 Å². The number of furan rings is 1. The fraction of sp³-hybridized carbons (Fsp3) is 0.810. The summed E-state index contributed by atoms with van der Waals surface area (Å²) in [6, 6.07) is 4.66. The quantitative estimate of drug-likeness (QED) is 0.406. The van der Waals surface area contributed by atoms with Crippen molar-refractivity contribution in [1.29, 1.82) is 0 Å². The van der Waals surface area contributed by atoms with Crippen LogP contribution in [0, 0.1) is 0 Å². The van der Waals surface area contributed by atoms with Crippen molar-refractivity contribution in [2.75, 3.05) is 26.3 Å². The van der Waals surface area contributed by atoms with Crippen LogP contribution in [0.15, 0.2) is 16.5 Å². The first-order valence-electron chi connectivity index (χ1n) is 10.6. The topological polar surface area (TPSA) is 25.6 Å². The second kappa shape index (κ2) is 11.7. The first-order valence-corrected chi connectivity index (χ1v) is 18.1. The maximum absolute atomic E-state index is 6.55. The number of hydrogen-bond donors (Lipinski definition) is 0. The molecule has 25 heavy (non-hydrogen) atoms. The van der Waals surface area contributed by atoms with E-state index in [0.717, 1.165) is 32.8 Å². The Morgan fingerprint density at radius 1 is 0.880 bits per heavy atom. The van der Waals surface area contributed by atoms with Crippen LogP contribution >= 0.6 is 0 Å². The molecule has 0 unspecified atom stereocenters. The molecule has 2 rings (SSSR count). The Hall–Kier alpha value is -0.00130. The molecule has 3 nitrogen and oxygen atoms in total. The Morgan fingerprint density at radius 3 is 1.96 bits per heavy atom. The molecular weight excluding hydrogens is 417 g/mol. The normalized spacial score (nSPS) is 16.4.